The number of guanidine groups is 1. The standard InChI is InChI=1S/C13H26N4O.HI/c1-10(2)8-14-12(16-13(3,4)5)15-9-11(18)17(6)7;/h1,8-9H2,2-7H3,(H2,14,15,16);1H. The summed E-state index contributed by atoms with van der Waals surface area (Å²) in [4.78, 5) is 17.3. The Kier molecular flexibility index (Phi) is 9.90. The summed E-state index contributed by atoms with van der Waals surface area (Å²) >= 11 is 0. The zero-order chi connectivity index (χ0) is 14.3. The zero-order valence-electron chi connectivity index (χ0n) is 12.8. The number of likely N-dealkylation sites (N-methyl/N-ethyl adjacent to an activating group) is 1. The van der Waals surface area contributed by atoms with E-state index in [0.717, 1.165) is 5.57 Å². The van der Waals surface area contributed by atoms with Crippen LogP contribution in [0.2, 0.25) is 0 Å². The molecule has 0 radical (unpaired) electrons. The quantitative estimate of drug-likeness (QED) is 0.336. The number of hydrogen-bond acceptors (Lipinski definition) is 2. The molecule has 0 saturated heterocycles. The molecule has 0 bridgehead atoms. The van der Waals surface area contributed by atoms with Crippen molar-refractivity contribution in [1.29, 1.82) is 0 Å². The van der Waals surface area contributed by atoms with Crippen molar-refractivity contribution in [3.63, 3.8) is 0 Å². The molecule has 0 unspecified atom stereocenters. The second-order valence-electron chi connectivity index (χ2n) is 5.64. The van der Waals surface area contributed by atoms with Gasteiger partial charge in [-0.3, -0.25) is 4.79 Å². The first-order valence-corrected chi connectivity index (χ1v) is 6.03. The van der Waals surface area contributed by atoms with Crippen molar-refractivity contribution in [2.24, 2.45) is 4.99 Å². The van der Waals surface area contributed by atoms with E-state index in [0.29, 0.717) is 12.5 Å². The summed E-state index contributed by atoms with van der Waals surface area (Å²) in [6, 6.07) is 0. The van der Waals surface area contributed by atoms with Gasteiger partial charge in [0.05, 0.1) is 0 Å². The summed E-state index contributed by atoms with van der Waals surface area (Å²) in [7, 11) is 3.44. The molecule has 0 saturated carbocycles. The van der Waals surface area contributed by atoms with Crippen molar-refractivity contribution in [2.45, 2.75) is 33.2 Å². The number of carbonyl (C=O) groups is 1. The van der Waals surface area contributed by atoms with Crippen LogP contribution in [0.3, 0.4) is 0 Å². The number of halogens is 1. The molecule has 5 nitrogen and oxygen atoms in total. The monoisotopic (exact) mass is 382 g/mol. The highest BCUT2D eigenvalue weighted by Crippen LogP contribution is 1.98. The Morgan fingerprint density at radius 3 is 2.21 bits per heavy atom. The first-order valence-electron chi connectivity index (χ1n) is 6.03. The fraction of sp³-hybridized carbons (Fsp3) is 0.692. The van der Waals surface area contributed by atoms with E-state index < -0.39 is 0 Å². The van der Waals surface area contributed by atoms with Gasteiger partial charge in [-0.05, 0) is 27.7 Å². The molecule has 112 valence electrons. The van der Waals surface area contributed by atoms with E-state index in [1.807, 2.05) is 27.7 Å². The van der Waals surface area contributed by atoms with Crippen LogP contribution < -0.4 is 10.6 Å². The van der Waals surface area contributed by atoms with Crippen LogP contribution in [0.5, 0.6) is 0 Å². The third-order valence-electron chi connectivity index (χ3n) is 1.92. The molecule has 1 amide bonds. The molecule has 6 heteroatoms. The minimum Gasteiger partial charge on any atom is -0.353 e. The molecule has 0 fully saturated rings. The lowest BCUT2D eigenvalue weighted by Crippen LogP contribution is -2.48. The van der Waals surface area contributed by atoms with Crippen molar-refractivity contribution in [3.05, 3.63) is 12.2 Å². The van der Waals surface area contributed by atoms with Crippen molar-refractivity contribution in [1.82, 2.24) is 15.5 Å². The molecule has 0 rings (SSSR count). The maximum absolute atomic E-state index is 11.5. The molecular weight excluding hydrogens is 355 g/mol. The zero-order valence-corrected chi connectivity index (χ0v) is 15.2. The van der Waals surface area contributed by atoms with Crippen molar-refractivity contribution < 1.29 is 4.79 Å². The van der Waals surface area contributed by atoms with Gasteiger partial charge in [-0.2, -0.15) is 0 Å². The molecule has 19 heavy (non-hydrogen) atoms. The minimum absolute atomic E-state index is 0. The molecule has 2 N–H and O–H groups in total. The predicted molar refractivity (Wildman–Crippen MR) is 92.1 cm³/mol. The van der Waals surface area contributed by atoms with Gasteiger partial charge in [0.25, 0.3) is 0 Å². The minimum atomic E-state index is -0.109. The Labute approximate surface area is 133 Å². The largest absolute Gasteiger partial charge is 0.353 e. The van der Waals surface area contributed by atoms with E-state index in [1.165, 1.54) is 4.90 Å². The first-order chi connectivity index (χ1) is 8.11. The van der Waals surface area contributed by atoms with Gasteiger partial charge in [-0.25, -0.2) is 4.99 Å². The molecule has 0 atom stereocenters. The fourth-order valence-corrected chi connectivity index (χ4v) is 1.02. The average molecular weight is 382 g/mol. The van der Waals surface area contributed by atoms with E-state index in [1.54, 1.807) is 14.1 Å². The van der Waals surface area contributed by atoms with Crippen LogP contribution in [-0.2, 0) is 4.79 Å². The summed E-state index contributed by atoms with van der Waals surface area (Å²) in [6.07, 6.45) is 0. The third-order valence-corrected chi connectivity index (χ3v) is 1.92. The molecule has 0 aromatic heterocycles. The van der Waals surface area contributed by atoms with E-state index in [9.17, 15) is 4.79 Å². The van der Waals surface area contributed by atoms with Crippen LogP contribution in [0.4, 0.5) is 0 Å². The Bertz CT molecular complexity index is 332. The van der Waals surface area contributed by atoms with Crippen LogP contribution in [0.1, 0.15) is 27.7 Å². The normalized spacial score (nSPS) is 11.4. The van der Waals surface area contributed by atoms with Crippen LogP contribution in [0, 0.1) is 0 Å². The van der Waals surface area contributed by atoms with E-state index in [2.05, 4.69) is 22.2 Å². The molecule has 0 aliphatic carbocycles. The number of aliphatic imine (C=N–C) groups is 1. The molecular formula is C13H27IN4O. The molecule has 0 aliphatic rings. The predicted octanol–water partition coefficient (Wildman–Crippen LogP) is 1.60. The van der Waals surface area contributed by atoms with Gasteiger partial charge in [-0.15, -0.1) is 24.0 Å². The Balaban J connectivity index is 0. The highest BCUT2D eigenvalue weighted by Gasteiger charge is 2.12. The molecule has 0 spiro atoms. The lowest BCUT2D eigenvalue weighted by Gasteiger charge is -2.24. The third kappa shape index (κ3) is 12.0. The lowest BCUT2D eigenvalue weighted by atomic mass is 10.1. The van der Waals surface area contributed by atoms with Crippen molar-refractivity contribution in [2.75, 3.05) is 27.2 Å². The Hall–Kier alpha value is -0.790. The number of carbonyl (C=O) groups excluding carboxylic acids is 1. The Morgan fingerprint density at radius 2 is 1.84 bits per heavy atom. The molecule has 0 aromatic carbocycles. The van der Waals surface area contributed by atoms with Crippen molar-refractivity contribution in [3.8, 4) is 0 Å². The van der Waals surface area contributed by atoms with Gasteiger partial charge in [0.1, 0.15) is 6.54 Å². The van der Waals surface area contributed by atoms with Crippen molar-refractivity contribution >= 4 is 35.8 Å². The van der Waals surface area contributed by atoms with Gasteiger partial charge in [0.15, 0.2) is 5.96 Å². The SMILES string of the molecule is C=C(C)CNC(=NCC(=O)N(C)C)NC(C)(C)C.I. The highest BCUT2D eigenvalue weighted by atomic mass is 127. The van der Waals surface area contributed by atoms with Crippen LogP contribution >= 0.6 is 24.0 Å². The van der Waals surface area contributed by atoms with E-state index >= 15 is 0 Å². The van der Waals surface area contributed by atoms with Crippen LogP contribution in [0.25, 0.3) is 0 Å². The summed E-state index contributed by atoms with van der Waals surface area (Å²) < 4.78 is 0. The molecule has 0 heterocycles. The molecule has 0 aromatic rings. The number of rotatable bonds is 4. The van der Waals surface area contributed by atoms with Crippen LogP contribution in [0.15, 0.2) is 17.1 Å². The number of nitrogens with zero attached hydrogens (tertiary/aromatic N) is 2. The Morgan fingerprint density at radius 1 is 1.32 bits per heavy atom. The summed E-state index contributed by atoms with van der Waals surface area (Å²) in [5.74, 6) is 0.598. The lowest BCUT2D eigenvalue weighted by molar-refractivity contribution is -0.127. The smallest absolute Gasteiger partial charge is 0.243 e. The fourth-order valence-electron chi connectivity index (χ4n) is 1.02. The molecule has 0 aliphatic heterocycles. The summed E-state index contributed by atoms with van der Waals surface area (Å²) in [5.41, 5.74) is 0.902. The topological polar surface area (TPSA) is 56.7 Å². The summed E-state index contributed by atoms with van der Waals surface area (Å²) in [5, 5.41) is 6.37. The first kappa shape index (κ1) is 20.5. The number of nitrogens with one attached hydrogen (secondary N) is 2. The van der Waals surface area contributed by atoms with Gasteiger partial charge in [0, 0.05) is 26.2 Å². The second kappa shape index (κ2) is 9.17. The van der Waals surface area contributed by atoms with E-state index in [-0.39, 0.29) is 42.0 Å². The number of hydrogen-bond donors (Lipinski definition) is 2. The van der Waals surface area contributed by atoms with Gasteiger partial charge in [-0.1, -0.05) is 12.2 Å². The highest BCUT2D eigenvalue weighted by molar-refractivity contribution is 14.0. The van der Waals surface area contributed by atoms with Gasteiger partial charge in [0.2, 0.25) is 5.91 Å². The van der Waals surface area contributed by atoms with Gasteiger partial charge >= 0.3 is 0 Å². The second-order valence-corrected chi connectivity index (χ2v) is 5.64. The maximum atomic E-state index is 11.5. The maximum Gasteiger partial charge on any atom is 0.243 e. The number of amides is 1. The van der Waals surface area contributed by atoms with Crippen LogP contribution in [-0.4, -0.2) is 49.5 Å². The van der Waals surface area contributed by atoms with Gasteiger partial charge < -0.3 is 15.5 Å². The summed E-state index contributed by atoms with van der Waals surface area (Å²) in [6.45, 7) is 12.7. The average Bonchev–Trinajstić information content (AvgIpc) is 2.19. The van der Waals surface area contributed by atoms with E-state index in [4.69, 9.17) is 0 Å².